The van der Waals surface area contributed by atoms with Crippen LogP contribution < -0.4 is 19.1 Å². The maximum absolute atomic E-state index is 14.1. The highest BCUT2D eigenvalue weighted by molar-refractivity contribution is 7.92. The molecule has 0 spiro atoms. The quantitative estimate of drug-likeness (QED) is 0.272. The number of benzene rings is 3. The van der Waals surface area contributed by atoms with Crippen molar-refractivity contribution in [3.63, 3.8) is 0 Å². The number of ether oxygens (including phenoxy) is 2. The summed E-state index contributed by atoms with van der Waals surface area (Å²) in [6.07, 6.45) is 3.00. The third-order valence-electron chi connectivity index (χ3n) is 6.61. The number of sulfonamides is 1. The van der Waals surface area contributed by atoms with Gasteiger partial charge in [0.15, 0.2) is 0 Å². The Hall–Kier alpha value is -4.05. The first-order chi connectivity index (χ1) is 19.7. The summed E-state index contributed by atoms with van der Waals surface area (Å²) in [7, 11) is -0.830. The Morgan fingerprint density at radius 2 is 1.51 bits per heavy atom. The highest BCUT2D eigenvalue weighted by Crippen LogP contribution is 2.24. The van der Waals surface area contributed by atoms with Crippen molar-refractivity contribution in [2.75, 3.05) is 37.9 Å². The topological polar surface area (TPSA) is 105 Å². The van der Waals surface area contributed by atoms with Crippen LogP contribution in [0.1, 0.15) is 30.9 Å². The van der Waals surface area contributed by atoms with Gasteiger partial charge in [-0.1, -0.05) is 61.9 Å². The van der Waals surface area contributed by atoms with Crippen molar-refractivity contribution >= 4 is 27.5 Å². The second-order valence-electron chi connectivity index (χ2n) is 9.69. The minimum absolute atomic E-state index is 0.0739. The van der Waals surface area contributed by atoms with Crippen molar-refractivity contribution in [2.45, 2.75) is 38.8 Å². The van der Waals surface area contributed by atoms with Crippen molar-refractivity contribution in [2.24, 2.45) is 0 Å². The van der Waals surface area contributed by atoms with E-state index >= 15 is 0 Å². The number of anilines is 1. The number of methoxy groups -OCH3 is 2. The van der Waals surface area contributed by atoms with Gasteiger partial charge in [-0.3, -0.25) is 13.9 Å². The summed E-state index contributed by atoms with van der Waals surface area (Å²) >= 11 is 0. The molecule has 1 N–H and O–H groups in total. The lowest BCUT2D eigenvalue weighted by atomic mass is 10.0. The first-order valence-electron chi connectivity index (χ1n) is 13.5. The molecule has 2 amide bonds. The fourth-order valence-electron chi connectivity index (χ4n) is 4.41. The number of nitrogens with zero attached hydrogens (tertiary/aromatic N) is 2. The molecule has 0 bridgehead atoms. The number of carbonyl (C=O) groups is 2. The standard InChI is InChI=1S/C31H39N3O6S/c1-5-6-18-32-31(36)29(20-24-12-8-7-9-13-24)33(22-25-14-10-16-27(19-25)39-2)30(35)23-34(41(4,37)38)26-15-11-17-28(21-26)40-3/h7-17,19,21,29H,5-6,18,20,22-23H2,1-4H3,(H,32,36)/t29-/m1/s1. The first-order valence-corrected chi connectivity index (χ1v) is 15.4. The van der Waals surface area contributed by atoms with E-state index in [1.165, 1.54) is 12.0 Å². The Labute approximate surface area is 243 Å². The lowest BCUT2D eigenvalue weighted by molar-refractivity contribution is -0.140. The SMILES string of the molecule is CCCCNC(=O)[C@@H](Cc1ccccc1)N(Cc1cccc(OC)c1)C(=O)CN(c1cccc(OC)c1)S(C)(=O)=O. The van der Waals surface area contributed by atoms with E-state index in [-0.39, 0.29) is 24.6 Å². The van der Waals surface area contributed by atoms with Crippen LogP contribution in [0, 0.1) is 0 Å². The summed E-state index contributed by atoms with van der Waals surface area (Å²) in [6.45, 7) is 2.08. The highest BCUT2D eigenvalue weighted by Gasteiger charge is 2.33. The van der Waals surface area contributed by atoms with E-state index in [9.17, 15) is 18.0 Å². The van der Waals surface area contributed by atoms with Crippen molar-refractivity contribution in [1.29, 1.82) is 0 Å². The van der Waals surface area contributed by atoms with Gasteiger partial charge < -0.3 is 19.7 Å². The van der Waals surface area contributed by atoms with E-state index in [0.29, 0.717) is 18.0 Å². The van der Waals surface area contributed by atoms with Gasteiger partial charge >= 0.3 is 0 Å². The van der Waals surface area contributed by atoms with Gasteiger partial charge in [0, 0.05) is 25.6 Å². The molecule has 0 saturated carbocycles. The maximum Gasteiger partial charge on any atom is 0.244 e. The highest BCUT2D eigenvalue weighted by atomic mass is 32.2. The summed E-state index contributed by atoms with van der Waals surface area (Å²) in [4.78, 5) is 29.2. The van der Waals surface area contributed by atoms with Gasteiger partial charge in [0.2, 0.25) is 21.8 Å². The Kier molecular flexibility index (Phi) is 11.6. The van der Waals surface area contributed by atoms with Gasteiger partial charge in [-0.05, 0) is 41.8 Å². The molecule has 0 saturated heterocycles. The van der Waals surface area contributed by atoms with Crippen LogP contribution >= 0.6 is 0 Å². The monoisotopic (exact) mass is 581 g/mol. The first kappa shape index (κ1) is 31.5. The molecule has 220 valence electrons. The van der Waals surface area contributed by atoms with E-state index in [1.54, 1.807) is 43.5 Å². The second-order valence-corrected chi connectivity index (χ2v) is 11.6. The molecule has 0 fully saturated rings. The normalized spacial score (nSPS) is 11.8. The lowest BCUT2D eigenvalue weighted by Crippen LogP contribution is -2.53. The molecular weight excluding hydrogens is 542 g/mol. The van der Waals surface area contributed by atoms with Crippen LogP contribution in [0.3, 0.4) is 0 Å². The van der Waals surface area contributed by atoms with E-state index < -0.39 is 28.5 Å². The molecule has 0 aromatic heterocycles. The number of carbonyl (C=O) groups excluding carboxylic acids is 2. The molecule has 41 heavy (non-hydrogen) atoms. The number of rotatable bonds is 15. The average molecular weight is 582 g/mol. The molecule has 10 heteroatoms. The molecule has 0 aliphatic rings. The molecule has 3 rings (SSSR count). The summed E-state index contributed by atoms with van der Waals surface area (Å²) in [5.74, 6) is 0.239. The van der Waals surface area contributed by atoms with E-state index in [4.69, 9.17) is 9.47 Å². The van der Waals surface area contributed by atoms with Crippen LogP contribution in [0.5, 0.6) is 11.5 Å². The van der Waals surface area contributed by atoms with E-state index in [2.05, 4.69) is 5.32 Å². The molecule has 3 aromatic carbocycles. The molecule has 0 unspecified atom stereocenters. The van der Waals surface area contributed by atoms with Gasteiger partial charge in [0.1, 0.15) is 24.1 Å². The Bertz CT molecular complexity index is 1400. The molecule has 9 nitrogen and oxygen atoms in total. The zero-order valence-corrected chi connectivity index (χ0v) is 24.9. The molecule has 0 aliphatic carbocycles. The summed E-state index contributed by atoms with van der Waals surface area (Å²) in [5.41, 5.74) is 1.90. The predicted molar refractivity (Wildman–Crippen MR) is 161 cm³/mol. The molecule has 0 aliphatic heterocycles. The summed E-state index contributed by atoms with van der Waals surface area (Å²) in [6, 6.07) is 22.3. The Balaban J connectivity index is 2.05. The van der Waals surface area contributed by atoms with Gasteiger partial charge in [0.25, 0.3) is 0 Å². The van der Waals surface area contributed by atoms with Gasteiger partial charge in [-0.2, -0.15) is 0 Å². The molecule has 0 heterocycles. The largest absolute Gasteiger partial charge is 0.497 e. The average Bonchev–Trinajstić information content (AvgIpc) is 2.97. The van der Waals surface area contributed by atoms with Crippen molar-refractivity contribution in [3.05, 3.63) is 90.0 Å². The fraction of sp³-hybridized carbons (Fsp3) is 0.355. The minimum Gasteiger partial charge on any atom is -0.497 e. The molecule has 1 atom stereocenters. The molecular formula is C31H39N3O6S. The number of hydrogen-bond donors (Lipinski definition) is 1. The van der Waals surface area contributed by atoms with Crippen molar-refractivity contribution in [1.82, 2.24) is 10.2 Å². The summed E-state index contributed by atoms with van der Waals surface area (Å²) in [5, 5.41) is 2.97. The van der Waals surface area contributed by atoms with Gasteiger partial charge in [0.05, 0.1) is 26.2 Å². The molecule has 3 aromatic rings. The predicted octanol–water partition coefficient (Wildman–Crippen LogP) is 4.03. The van der Waals surface area contributed by atoms with Crippen LogP contribution in [0.4, 0.5) is 5.69 Å². The smallest absolute Gasteiger partial charge is 0.244 e. The number of amides is 2. The van der Waals surface area contributed by atoms with Crippen LogP contribution in [0.25, 0.3) is 0 Å². The Morgan fingerprint density at radius 1 is 0.878 bits per heavy atom. The van der Waals surface area contributed by atoms with E-state index in [0.717, 1.165) is 34.5 Å². The third-order valence-corrected chi connectivity index (χ3v) is 7.75. The maximum atomic E-state index is 14.1. The number of nitrogens with one attached hydrogen (secondary N) is 1. The van der Waals surface area contributed by atoms with Gasteiger partial charge in [-0.15, -0.1) is 0 Å². The number of unbranched alkanes of at least 4 members (excludes halogenated alkanes) is 1. The van der Waals surface area contributed by atoms with Gasteiger partial charge in [-0.25, -0.2) is 8.42 Å². The second kappa shape index (κ2) is 15.1. The molecule has 0 radical (unpaired) electrons. The lowest BCUT2D eigenvalue weighted by Gasteiger charge is -2.33. The fourth-order valence-corrected chi connectivity index (χ4v) is 5.25. The van der Waals surface area contributed by atoms with Crippen molar-refractivity contribution in [3.8, 4) is 11.5 Å². The van der Waals surface area contributed by atoms with Crippen LogP contribution in [-0.2, 0) is 32.6 Å². The van der Waals surface area contributed by atoms with Crippen molar-refractivity contribution < 1.29 is 27.5 Å². The van der Waals surface area contributed by atoms with Crippen LogP contribution in [0.15, 0.2) is 78.9 Å². The van der Waals surface area contributed by atoms with Crippen LogP contribution in [-0.4, -0.2) is 64.7 Å². The van der Waals surface area contributed by atoms with E-state index in [1.807, 2.05) is 49.4 Å². The summed E-state index contributed by atoms with van der Waals surface area (Å²) < 4.78 is 37.5. The third kappa shape index (κ3) is 9.24. The van der Waals surface area contributed by atoms with Crippen LogP contribution in [0.2, 0.25) is 0 Å². The number of hydrogen-bond acceptors (Lipinski definition) is 6. The minimum atomic E-state index is -3.87. The zero-order valence-electron chi connectivity index (χ0n) is 24.1. The Morgan fingerprint density at radius 3 is 2.15 bits per heavy atom. The zero-order chi connectivity index (χ0) is 29.8.